The maximum absolute atomic E-state index is 14.1. The van der Waals surface area contributed by atoms with Crippen LogP contribution in [0.15, 0.2) is 60.9 Å². The van der Waals surface area contributed by atoms with Crippen LogP contribution in [0.4, 0.5) is 0 Å². The number of unbranched alkanes of at least 4 members (excludes halogenated alkanes) is 2. The summed E-state index contributed by atoms with van der Waals surface area (Å²) < 4.78 is 7.02. The fraction of sp³-hybridized carbons (Fsp3) is 0.579. The van der Waals surface area contributed by atoms with E-state index in [1.54, 1.807) is 12.4 Å². The minimum absolute atomic E-state index is 0.00734. The molecular formula is C76H114N18O19S4+2. The Kier molecular flexibility index (Phi) is 39.2. The van der Waals surface area contributed by atoms with E-state index in [0.717, 1.165) is 76.4 Å². The lowest BCUT2D eigenvalue weighted by atomic mass is 10.1. The van der Waals surface area contributed by atoms with Gasteiger partial charge < -0.3 is 108 Å². The van der Waals surface area contributed by atoms with Gasteiger partial charge >= 0.3 is 11.9 Å². The number of carboxylic acids is 2. The van der Waals surface area contributed by atoms with Gasteiger partial charge in [-0.3, -0.25) is 76.7 Å². The van der Waals surface area contributed by atoms with Crippen molar-refractivity contribution < 1.29 is 101 Å². The third-order valence-electron chi connectivity index (χ3n) is 19.9. The third kappa shape index (κ3) is 32.6. The molecule has 644 valence electrons. The van der Waals surface area contributed by atoms with Crippen molar-refractivity contribution in [3.05, 3.63) is 72.1 Å². The van der Waals surface area contributed by atoms with Gasteiger partial charge in [-0.25, -0.2) is 0 Å². The SMILES string of the molecule is CC1NC(=O)C(CC(=O)O)NC(=O)CNC(=O)C(CCCC[N+](C)(C)C)NC(=O)CCSSCC(C(N)=O)NC(=O)C(C)N(CCc2c[nH]c3ccccc23)C1=O.CC1NC(=O)C(CC(=O)O)NC(=O)CNC(=O)C(CCCC[N+]2(C)CCOCC2)NC(=O)CCSSCC(C(N)=O)NC(=O)C(C)N(CCc2c[nH]c3ccccc23)C1=O. The van der Waals surface area contributed by atoms with E-state index in [9.17, 15) is 86.9 Å². The molecule has 0 aliphatic carbocycles. The lowest BCUT2D eigenvalue weighted by Crippen LogP contribution is -2.59. The zero-order valence-corrected chi connectivity index (χ0v) is 70.6. The van der Waals surface area contributed by atoms with Crippen LogP contribution in [0, 0.1) is 0 Å². The molecule has 37 nitrogen and oxygen atoms in total. The summed E-state index contributed by atoms with van der Waals surface area (Å²) >= 11 is 0. The Morgan fingerprint density at radius 3 is 1.29 bits per heavy atom. The third-order valence-corrected chi connectivity index (χ3v) is 24.7. The van der Waals surface area contributed by atoms with Crippen molar-refractivity contribution in [1.29, 1.82) is 0 Å². The molecule has 0 saturated carbocycles. The molecular weight excluding hydrogens is 1600 g/mol. The van der Waals surface area contributed by atoms with Crippen LogP contribution in [0.1, 0.15) is 103 Å². The van der Waals surface area contributed by atoms with Crippen LogP contribution in [0.5, 0.6) is 0 Å². The second kappa shape index (κ2) is 47.7. The number of nitrogens with zero attached hydrogens (tertiary/aromatic N) is 4. The van der Waals surface area contributed by atoms with Gasteiger partial charge in [0.25, 0.3) is 0 Å². The maximum Gasteiger partial charge on any atom is 0.305 e. The number of carbonyl (C=O) groups is 16. The number of morpholine rings is 1. The maximum atomic E-state index is 14.1. The number of hydrogen-bond acceptors (Lipinski definition) is 21. The van der Waals surface area contributed by atoms with Crippen molar-refractivity contribution in [3.8, 4) is 0 Å². The lowest BCUT2D eigenvalue weighted by molar-refractivity contribution is -0.917. The number of carboxylic acid groups (broad SMARTS) is 2. The van der Waals surface area contributed by atoms with Crippen LogP contribution >= 0.6 is 43.2 Å². The van der Waals surface area contributed by atoms with Gasteiger partial charge in [-0.1, -0.05) is 79.6 Å². The number of quaternary nitrogens is 2. The highest BCUT2D eigenvalue weighted by Crippen LogP contribution is 2.26. The lowest BCUT2D eigenvalue weighted by Gasteiger charge is -2.37. The minimum Gasteiger partial charge on any atom is -0.481 e. The van der Waals surface area contributed by atoms with Gasteiger partial charge in [0.15, 0.2) is 0 Å². The van der Waals surface area contributed by atoms with Crippen LogP contribution in [-0.2, 0) is 94.3 Å². The summed E-state index contributed by atoms with van der Waals surface area (Å²) in [4.78, 5) is 218. The number of aromatic amines is 2. The van der Waals surface area contributed by atoms with Crippen molar-refractivity contribution >= 4 is 160 Å². The van der Waals surface area contributed by atoms with Crippen LogP contribution in [0.25, 0.3) is 21.8 Å². The summed E-state index contributed by atoms with van der Waals surface area (Å²) in [7, 11) is 13.2. The highest BCUT2D eigenvalue weighted by Gasteiger charge is 2.38. The van der Waals surface area contributed by atoms with Gasteiger partial charge in [0, 0.05) is 83.1 Å². The molecule has 2 aromatic heterocycles. The molecule has 3 aliphatic rings. The van der Waals surface area contributed by atoms with Gasteiger partial charge in [0.1, 0.15) is 73.5 Å². The average molecular weight is 1710 g/mol. The van der Waals surface area contributed by atoms with Crippen molar-refractivity contribution in [2.24, 2.45) is 11.5 Å². The summed E-state index contributed by atoms with van der Waals surface area (Å²) in [6, 6.07) is 2.65. The number of aliphatic carboxylic acids is 2. The van der Waals surface area contributed by atoms with Crippen LogP contribution in [-0.4, -0.2) is 311 Å². The molecule has 3 saturated heterocycles. The van der Waals surface area contributed by atoms with E-state index in [2.05, 4.69) is 70.2 Å². The number of likely N-dealkylation sites (N-methyl/N-ethyl adjacent to an activating group) is 1. The monoisotopic (exact) mass is 1710 g/mol. The topological polar surface area (TPSA) is 533 Å². The molecule has 3 aliphatic heterocycles. The number of ether oxygens (including phenoxy) is 1. The summed E-state index contributed by atoms with van der Waals surface area (Å²) in [5.74, 6) is -12.4. The molecule has 2 aromatic carbocycles. The van der Waals surface area contributed by atoms with Crippen molar-refractivity contribution in [2.75, 3.05) is 117 Å². The van der Waals surface area contributed by atoms with E-state index < -0.39 is 181 Å². The molecule has 117 heavy (non-hydrogen) atoms. The van der Waals surface area contributed by atoms with E-state index in [0.29, 0.717) is 54.9 Å². The zero-order chi connectivity index (χ0) is 86.1. The predicted octanol–water partition coefficient (Wildman–Crippen LogP) is -0.981. The number of rotatable bonds is 22. The van der Waals surface area contributed by atoms with Gasteiger partial charge in [0.2, 0.25) is 82.7 Å². The first-order valence-corrected chi connectivity index (χ1v) is 43.8. The summed E-state index contributed by atoms with van der Waals surface area (Å²) in [6.45, 7) is 9.20. The number of H-pyrrole nitrogens is 2. The van der Waals surface area contributed by atoms with Gasteiger partial charge in [-0.15, -0.1) is 0 Å². The highest BCUT2D eigenvalue weighted by molar-refractivity contribution is 8.77. The van der Waals surface area contributed by atoms with E-state index in [1.165, 1.54) is 80.7 Å². The smallest absolute Gasteiger partial charge is 0.305 e. The molecule has 14 amide bonds. The van der Waals surface area contributed by atoms with E-state index in [-0.39, 0.29) is 50.3 Å². The Labute approximate surface area is 694 Å². The minimum atomic E-state index is -1.64. The first-order valence-electron chi connectivity index (χ1n) is 38.8. The number of fused-ring (bicyclic) bond motifs is 2. The molecule has 0 spiro atoms. The largest absolute Gasteiger partial charge is 0.481 e. The quantitative estimate of drug-likeness (QED) is 0.0255. The first kappa shape index (κ1) is 96.2. The highest BCUT2D eigenvalue weighted by atomic mass is 33.1. The van der Waals surface area contributed by atoms with E-state index in [4.69, 9.17) is 16.2 Å². The number of carbonyl (C=O) groups excluding carboxylic acids is 14. The molecule has 0 radical (unpaired) electrons. The molecule has 4 aromatic rings. The molecule has 41 heteroatoms. The number of nitrogens with two attached hydrogens (primary N) is 2. The molecule has 5 heterocycles. The van der Waals surface area contributed by atoms with Crippen molar-refractivity contribution in [2.45, 2.75) is 165 Å². The number of primary amides is 2. The van der Waals surface area contributed by atoms with E-state index >= 15 is 0 Å². The first-order chi connectivity index (χ1) is 55.4. The van der Waals surface area contributed by atoms with Crippen LogP contribution < -0.4 is 64.6 Å². The predicted molar refractivity (Wildman–Crippen MR) is 443 cm³/mol. The van der Waals surface area contributed by atoms with Crippen molar-refractivity contribution in [1.82, 2.24) is 72.9 Å². The second-order valence-electron chi connectivity index (χ2n) is 30.3. The molecule has 18 N–H and O–H groups in total. The Hall–Kier alpha value is -9.68. The fourth-order valence-corrected chi connectivity index (χ4v) is 17.3. The second-order valence-corrected chi connectivity index (χ2v) is 35.5. The van der Waals surface area contributed by atoms with Gasteiger partial charge in [-0.05, 0) is 102 Å². The van der Waals surface area contributed by atoms with Crippen LogP contribution in [0.2, 0.25) is 0 Å². The number of aromatic nitrogens is 2. The molecule has 10 unspecified atom stereocenters. The summed E-state index contributed by atoms with van der Waals surface area (Å²) in [5.41, 5.74) is 14.8. The standard InChI is InChI=1S/C39H57N9O10S2.C37H55N9O9S2/c1-24-39(57)47(13-11-26-21-41-28-9-5-4-8-27(26)28)25(2)36(54)46-31(35(40)53)23-60-59-19-12-32(49)44-29(10-6-7-14-48(3)15-17-58-18-16-48)37(55)42-22-33(50)45-30(20-34(51)52)38(56)43-24;1-22-37(55)45(15-13-24-19-39-26-11-7-6-10-25(24)26)23(2)34(52)44-29(33(38)51)21-57-56-17-14-30(47)42-27(12-8-9-16-46(3,4)5)35(53)40-20-31(48)43-28(18-32(49)50)36(54)41-22/h4-5,8-9,21,24-25,29-31,41H,6-7,10-20,22-23H2,1-3H3,(H7-,40,42,43,44,45,46,49,50,51,52,53,54,55,56);6-7,10-11,19,22-23,27-29,39H,8-9,12-18,20-21H2,1-5H3,(H7-,38,40,41,42,43,44,47,48,49,50,51,52,53,54)/p+2. The fourth-order valence-electron chi connectivity index (χ4n) is 13.0. The van der Waals surface area contributed by atoms with Gasteiger partial charge in [0.05, 0.1) is 80.4 Å². The number of amides is 14. The Morgan fingerprint density at radius 1 is 0.504 bits per heavy atom. The van der Waals surface area contributed by atoms with E-state index in [1.807, 2.05) is 69.7 Å². The summed E-state index contributed by atoms with van der Waals surface area (Å²) in [5, 5.41) is 46.2. The zero-order valence-electron chi connectivity index (χ0n) is 67.3. The Bertz CT molecular complexity index is 4140. The molecule has 0 bridgehead atoms. The summed E-state index contributed by atoms with van der Waals surface area (Å²) in [6.07, 6.45) is 5.83. The number of para-hydroxylation sites is 2. The number of nitrogens with one attached hydrogen (secondary N) is 12. The normalized spacial score (nSPS) is 24.0. The average Bonchev–Trinajstić information content (AvgIpc) is 1.73. The van der Waals surface area contributed by atoms with Crippen LogP contribution in [0.3, 0.4) is 0 Å². The Morgan fingerprint density at radius 2 is 0.897 bits per heavy atom. The number of benzene rings is 2. The molecule has 3 fully saturated rings. The van der Waals surface area contributed by atoms with Crippen molar-refractivity contribution in [3.63, 3.8) is 0 Å². The molecule has 7 rings (SSSR count). The van der Waals surface area contributed by atoms with Gasteiger partial charge in [-0.2, -0.15) is 0 Å². The molecule has 10 atom stereocenters. The Balaban J connectivity index is 0.000000364. The number of hydrogen-bond donors (Lipinski definition) is 16.